The smallest absolute Gasteiger partial charge is 0.144 e. The molecule has 0 atom stereocenters. The molecule has 0 saturated heterocycles. The SMILES string of the molecule is CNCc1cnc(NC2CC2)cn1. The first-order valence-corrected chi connectivity index (χ1v) is 4.60. The summed E-state index contributed by atoms with van der Waals surface area (Å²) in [4.78, 5) is 8.53. The summed E-state index contributed by atoms with van der Waals surface area (Å²) in [5.74, 6) is 0.891. The average Bonchev–Trinajstić information content (AvgIpc) is 2.93. The molecule has 2 N–H and O–H groups in total. The van der Waals surface area contributed by atoms with Gasteiger partial charge in [0.05, 0.1) is 18.1 Å². The Kier molecular flexibility index (Phi) is 2.40. The van der Waals surface area contributed by atoms with E-state index < -0.39 is 0 Å². The van der Waals surface area contributed by atoms with Gasteiger partial charge in [0.1, 0.15) is 5.82 Å². The van der Waals surface area contributed by atoms with Gasteiger partial charge < -0.3 is 10.6 Å². The molecule has 0 amide bonds. The monoisotopic (exact) mass is 178 g/mol. The maximum atomic E-state index is 4.26. The molecule has 0 unspecified atom stereocenters. The first kappa shape index (κ1) is 8.44. The molecule has 0 spiro atoms. The summed E-state index contributed by atoms with van der Waals surface area (Å²) in [7, 11) is 1.90. The standard InChI is InChI=1S/C9H14N4/c1-10-4-8-5-12-9(6-11-8)13-7-2-3-7/h5-7,10H,2-4H2,1H3,(H,12,13). The van der Waals surface area contributed by atoms with Crippen molar-refractivity contribution in [3.63, 3.8) is 0 Å². The predicted molar refractivity (Wildman–Crippen MR) is 51.4 cm³/mol. The zero-order valence-corrected chi connectivity index (χ0v) is 7.75. The fourth-order valence-electron chi connectivity index (χ4n) is 1.14. The lowest BCUT2D eigenvalue weighted by atomic mass is 10.4. The van der Waals surface area contributed by atoms with Crippen LogP contribution in [0.5, 0.6) is 0 Å². The highest BCUT2D eigenvalue weighted by molar-refractivity contribution is 5.34. The minimum Gasteiger partial charge on any atom is -0.366 e. The predicted octanol–water partition coefficient (Wildman–Crippen LogP) is 0.770. The van der Waals surface area contributed by atoms with E-state index in [0.29, 0.717) is 6.04 Å². The number of nitrogens with one attached hydrogen (secondary N) is 2. The molecule has 2 rings (SSSR count). The second-order valence-corrected chi connectivity index (χ2v) is 3.34. The van der Waals surface area contributed by atoms with Crippen LogP contribution in [0.2, 0.25) is 0 Å². The van der Waals surface area contributed by atoms with Crippen LogP contribution in [0.4, 0.5) is 5.82 Å². The van der Waals surface area contributed by atoms with Crippen molar-refractivity contribution in [3.8, 4) is 0 Å². The highest BCUT2D eigenvalue weighted by Gasteiger charge is 2.21. The van der Waals surface area contributed by atoms with Crippen molar-refractivity contribution in [1.82, 2.24) is 15.3 Å². The van der Waals surface area contributed by atoms with E-state index in [-0.39, 0.29) is 0 Å². The van der Waals surface area contributed by atoms with Gasteiger partial charge in [-0.2, -0.15) is 0 Å². The van der Waals surface area contributed by atoms with Crippen LogP contribution in [0.15, 0.2) is 12.4 Å². The van der Waals surface area contributed by atoms with E-state index in [4.69, 9.17) is 0 Å². The van der Waals surface area contributed by atoms with E-state index in [1.165, 1.54) is 12.8 Å². The molecule has 1 aromatic heterocycles. The Labute approximate surface area is 77.8 Å². The highest BCUT2D eigenvalue weighted by atomic mass is 15.1. The number of anilines is 1. The normalized spacial score (nSPS) is 15.8. The Hall–Kier alpha value is -1.16. The summed E-state index contributed by atoms with van der Waals surface area (Å²) >= 11 is 0. The van der Waals surface area contributed by atoms with Gasteiger partial charge in [-0.1, -0.05) is 0 Å². The third kappa shape index (κ3) is 2.39. The van der Waals surface area contributed by atoms with Gasteiger partial charge in [0.15, 0.2) is 0 Å². The summed E-state index contributed by atoms with van der Waals surface area (Å²) in [5, 5.41) is 6.32. The van der Waals surface area contributed by atoms with E-state index in [1.807, 2.05) is 7.05 Å². The van der Waals surface area contributed by atoms with Crippen molar-refractivity contribution in [2.24, 2.45) is 0 Å². The fraction of sp³-hybridized carbons (Fsp3) is 0.556. The van der Waals surface area contributed by atoms with E-state index in [9.17, 15) is 0 Å². The molecule has 70 valence electrons. The summed E-state index contributed by atoms with van der Waals surface area (Å²) in [5.41, 5.74) is 0.976. The van der Waals surface area contributed by atoms with Crippen molar-refractivity contribution in [2.45, 2.75) is 25.4 Å². The van der Waals surface area contributed by atoms with Crippen LogP contribution in [-0.4, -0.2) is 23.1 Å². The van der Waals surface area contributed by atoms with Crippen molar-refractivity contribution < 1.29 is 0 Å². The zero-order chi connectivity index (χ0) is 9.10. The molecule has 1 heterocycles. The summed E-state index contributed by atoms with van der Waals surface area (Å²) < 4.78 is 0. The van der Waals surface area contributed by atoms with Crippen LogP contribution in [0.3, 0.4) is 0 Å². The van der Waals surface area contributed by atoms with Crippen LogP contribution in [0.1, 0.15) is 18.5 Å². The van der Waals surface area contributed by atoms with Crippen molar-refractivity contribution in [3.05, 3.63) is 18.1 Å². The van der Waals surface area contributed by atoms with Gasteiger partial charge in [0.2, 0.25) is 0 Å². The first-order chi connectivity index (χ1) is 6.38. The minimum absolute atomic E-state index is 0.643. The number of nitrogens with zero attached hydrogens (tertiary/aromatic N) is 2. The first-order valence-electron chi connectivity index (χ1n) is 4.60. The van der Waals surface area contributed by atoms with E-state index in [2.05, 4.69) is 20.6 Å². The lowest BCUT2D eigenvalue weighted by Gasteiger charge is -2.03. The Morgan fingerprint density at radius 2 is 2.23 bits per heavy atom. The molecule has 0 aromatic carbocycles. The van der Waals surface area contributed by atoms with E-state index in [0.717, 1.165) is 18.1 Å². The Bertz CT molecular complexity index is 265. The van der Waals surface area contributed by atoms with E-state index in [1.54, 1.807) is 12.4 Å². The molecule has 0 aliphatic heterocycles. The van der Waals surface area contributed by atoms with Crippen molar-refractivity contribution in [1.29, 1.82) is 0 Å². The van der Waals surface area contributed by atoms with Crippen LogP contribution in [-0.2, 0) is 6.54 Å². The maximum Gasteiger partial charge on any atom is 0.144 e. The van der Waals surface area contributed by atoms with Gasteiger partial charge in [0.25, 0.3) is 0 Å². The van der Waals surface area contributed by atoms with Gasteiger partial charge in [-0.05, 0) is 19.9 Å². The highest BCUT2D eigenvalue weighted by Crippen LogP contribution is 2.22. The van der Waals surface area contributed by atoms with Crippen molar-refractivity contribution >= 4 is 5.82 Å². The zero-order valence-electron chi connectivity index (χ0n) is 7.75. The lowest BCUT2D eigenvalue weighted by molar-refractivity contribution is 0.784. The molecular formula is C9H14N4. The Balaban J connectivity index is 1.95. The summed E-state index contributed by atoms with van der Waals surface area (Å²) in [6.45, 7) is 0.775. The van der Waals surface area contributed by atoms with Crippen LogP contribution in [0, 0.1) is 0 Å². The molecular weight excluding hydrogens is 164 g/mol. The molecule has 1 saturated carbocycles. The Morgan fingerprint density at radius 1 is 1.38 bits per heavy atom. The summed E-state index contributed by atoms with van der Waals surface area (Å²) in [6.07, 6.45) is 6.13. The molecule has 4 nitrogen and oxygen atoms in total. The van der Waals surface area contributed by atoms with Gasteiger partial charge in [-0.25, -0.2) is 4.98 Å². The Morgan fingerprint density at radius 3 is 2.77 bits per heavy atom. The second kappa shape index (κ2) is 3.70. The summed E-state index contributed by atoms with van der Waals surface area (Å²) in [6, 6.07) is 0.643. The topological polar surface area (TPSA) is 49.8 Å². The van der Waals surface area contributed by atoms with Gasteiger partial charge >= 0.3 is 0 Å². The van der Waals surface area contributed by atoms with Crippen LogP contribution < -0.4 is 10.6 Å². The molecule has 4 heteroatoms. The number of rotatable bonds is 4. The largest absolute Gasteiger partial charge is 0.366 e. The van der Waals surface area contributed by atoms with Gasteiger partial charge in [-0.3, -0.25) is 4.98 Å². The van der Waals surface area contributed by atoms with Gasteiger partial charge in [-0.15, -0.1) is 0 Å². The number of aromatic nitrogens is 2. The van der Waals surface area contributed by atoms with Gasteiger partial charge in [0, 0.05) is 12.6 Å². The van der Waals surface area contributed by atoms with Crippen molar-refractivity contribution in [2.75, 3.05) is 12.4 Å². The molecule has 13 heavy (non-hydrogen) atoms. The molecule has 1 aliphatic carbocycles. The molecule has 0 bridgehead atoms. The fourth-order valence-corrected chi connectivity index (χ4v) is 1.14. The minimum atomic E-state index is 0.643. The maximum absolute atomic E-state index is 4.26. The average molecular weight is 178 g/mol. The van der Waals surface area contributed by atoms with E-state index >= 15 is 0 Å². The molecule has 1 aliphatic rings. The quantitative estimate of drug-likeness (QED) is 0.715. The molecule has 1 aromatic rings. The molecule has 1 fully saturated rings. The van der Waals surface area contributed by atoms with Crippen LogP contribution >= 0.6 is 0 Å². The third-order valence-corrected chi connectivity index (χ3v) is 1.99. The number of hydrogen-bond acceptors (Lipinski definition) is 4. The lowest BCUT2D eigenvalue weighted by Crippen LogP contribution is -2.09. The third-order valence-electron chi connectivity index (χ3n) is 1.99. The molecule has 0 radical (unpaired) electrons. The number of hydrogen-bond donors (Lipinski definition) is 2. The second-order valence-electron chi connectivity index (χ2n) is 3.34. The van der Waals surface area contributed by atoms with Crippen LogP contribution in [0.25, 0.3) is 0 Å².